The van der Waals surface area contributed by atoms with Crippen molar-refractivity contribution < 1.29 is 14.6 Å². The van der Waals surface area contributed by atoms with Crippen molar-refractivity contribution in [1.29, 1.82) is 0 Å². The Labute approximate surface area is 117 Å². The van der Waals surface area contributed by atoms with E-state index < -0.39 is 5.97 Å². The van der Waals surface area contributed by atoms with Crippen molar-refractivity contribution >= 4 is 5.97 Å². The molecule has 0 aliphatic carbocycles. The highest BCUT2D eigenvalue weighted by Crippen LogP contribution is 2.28. The quantitative estimate of drug-likeness (QED) is 0.834. The number of carbonyl (C=O) groups is 1. The maximum atomic E-state index is 11.4. The summed E-state index contributed by atoms with van der Waals surface area (Å²) in [5.41, 5.74) is 0.918. The van der Waals surface area contributed by atoms with Gasteiger partial charge in [-0.05, 0) is 32.4 Å². The topological polar surface area (TPSA) is 89.3 Å². The smallest absolute Gasteiger partial charge is 0.358 e. The normalized spacial score (nSPS) is 24.1. The predicted molar refractivity (Wildman–Crippen MR) is 70.8 cm³/mol. The molecule has 20 heavy (non-hydrogen) atoms. The van der Waals surface area contributed by atoms with Crippen LogP contribution in [0.25, 0.3) is 0 Å². The first-order valence-corrected chi connectivity index (χ1v) is 7.21. The van der Waals surface area contributed by atoms with Crippen LogP contribution < -0.4 is 5.32 Å². The number of ether oxygens (including phenoxy) is 1. The summed E-state index contributed by atoms with van der Waals surface area (Å²) in [5.74, 6) is -0.328. The van der Waals surface area contributed by atoms with E-state index in [1.54, 1.807) is 4.68 Å². The van der Waals surface area contributed by atoms with Crippen molar-refractivity contribution in [1.82, 2.24) is 20.3 Å². The van der Waals surface area contributed by atoms with E-state index in [9.17, 15) is 9.90 Å². The van der Waals surface area contributed by atoms with Crippen LogP contribution in [0.15, 0.2) is 0 Å². The first-order chi connectivity index (χ1) is 9.75. The fourth-order valence-electron chi connectivity index (χ4n) is 3.08. The number of nitrogens with zero attached hydrogens (tertiary/aromatic N) is 3. The summed E-state index contributed by atoms with van der Waals surface area (Å²) >= 11 is 0. The Kier molecular flexibility index (Phi) is 3.98. The largest absolute Gasteiger partial charge is 0.476 e. The van der Waals surface area contributed by atoms with Crippen LogP contribution in [0.5, 0.6) is 0 Å². The Morgan fingerprint density at radius 2 is 2.20 bits per heavy atom. The Morgan fingerprint density at radius 1 is 1.40 bits per heavy atom. The molecule has 1 aromatic heterocycles. The molecule has 2 N–H and O–H groups in total. The number of nitrogens with one attached hydrogen (secondary N) is 1. The lowest BCUT2D eigenvalue weighted by atomic mass is 9.92. The molecule has 0 bridgehead atoms. The van der Waals surface area contributed by atoms with Gasteiger partial charge in [0, 0.05) is 25.0 Å². The van der Waals surface area contributed by atoms with Crippen LogP contribution in [0.2, 0.25) is 0 Å². The monoisotopic (exact) mass is 280 g/mol. The molecule has 0 radical (unpaired) electrons. The lowest BCUT2D eigenvalue weighted by Gasteiger charge is -2.24. The van der Waals surface area contributed by atoms with Crippen molar-refractivity contribution in [2.75, 3.05) is 26.3 Å². The second-order valence-electron chi connectivity index (χ2n) is 5.56. The standard InChI is InChI=1S/C13H20N4O3/c18-13(19)11-12(10-1-4-14-5-2-10)17(16-15-11)7-9-3-6-20-8-9/h9-10,14H,1-8H2,(H,18,19). The first kappa shape index (κ1) is 13.5. The zero-order valence-electron chi connectivity index (χ0n) is 11.4. The molecular weight excluding hydrogens is 260 g/mol. The minimum absolute atomic E-state index is 0.121. The molecular formula is C13H20N4O3. The zero-order valence-corrected chi connectivity index (χ0v) is 11.4. The molecule has 0 aromatic carbocycles. The van der Waals surface area contributed by atoms with Crippen LogP contribution in [0.4, 0.5) is 0 Å². The lowest BCUT2D eigenvalue weighted by Crippen LogP contribution is -2.29. The summed E-state index contributed by atoms with van der Waals surface area (Å²) in [4.78, 5) is 11.4. The third kappa shape index (κ3) is 2.69. The van der Waals surface area contributed by atoms with Gasteiger partial charge in [-0.3, -0.25) is 0 Å². The van der Waals surface area contributed by atoms with Crippen molar-refractivity contribution in [3.05, 3.63) is 11.4 Å². The molecule has 7 nitrogen and oxygen atoms in total. The van der Waals surface area contributed by atoms with Crippen LogP contribution in [0.3, 0.4) is 0 Å². The second-order valence-corrected chi connectivity index (χ2v) is 5.56. The van der Waals surface area contributed by atoms with Gasteiger partial charge in [0.1, 0.15) is 0 Å². The number of carboxylic acids is 1. The molecule has 2 aliphatic heterocycles. The van der Waals surface area contributed by atoms with E-state index in [1.165, 1.54) is 0 Å². The van der Waals surface area contributed by atoms with Crippen LogP contribution in [-0.4, -0.2) is 52.4 Å². The summed E-state index contributed by atoms with van der Waals surface area (Å²) in [6.07, 6.45) is 2.89. The molecule has 1 aromatic rings. The zero-order chi connectivity index (χ0) is 13.9. The lowest BCUT2D eigenvalue weighted by molar-refractivity contribution is 0.0688. The summed E-state index contributed by atoms with van der Waals surface area (Å²) in [6.45, 7) is 4.06. The summed E-state index contributed by atoms with van der Waals surface area (Å²) in [6, 6.07) is 0. The van der Waals surface area contributed by atoms with E-state index >= 15 is 0 Å². The SMILES string of the molecule is O=C(O)c1nnn(CC2CCOC2)c1C1CCNCC1. The Hall–Kier alpha value is -1.47. The van der Waals surface area contributed by atoms with Gasteiger partial charge in [0.25, 0.3) is 0 Å². The number of rotatable bonds is 4. The average Bonchev–Trinajstić information content (AvgIpc) is 3.09. The highest BCUT2D eigenvalue weighted by molar-refractivity contribution is 5.86. The van der Waals surface area contributed by atoms with Crippen molar-refractivity contribution in [3.8, 4) is 0 Å². The molecule has 1 unspecified atom stereocenters. The fraction of sp³-hybridized carbons (Fsp3) is 0.769. The number of carboxylic acid groups (broad SMARTS) is 1. The van der Waals surface area contributed by atoms with Gasteiger partial charge in [-0.1, -0.05) is 5.21 Å². The van der Waals surface area contributed by atoms with E-state index in [4.69, 9.17) is 4.74 Å². The summed E-state index contributed by atoms with van der Waals surface area (Å²) < 4.78 is 7.19. The van der Waals surface area contributed by atoms with Gasteiger partial charge in [0.15, 0.2) is 5.69 Å². The van der Waals surface area contributed by atoms with Gasteiger partial charge in [0.2, 0.25) is 0 Å². The van der Waals surface area contributed by atoms with E-state index in [0.29, 0.717) is 12.5 Å². The van der Waals surface area contributed by atoms with Gasteiger partial charge in [-0.15, -0.1) is 5.10 Å². The molecule has 0 amide bonds. The molecule has 1 atom stereocenters. The van der Waals surface area contributed by atoms with Crippen molar-refractivity contribution in [2.24, 2.45) is 5.92 Å². The summed E-state index contributed by atoms with van der Waals surface area (Å²) in [5, 5.41) is 20.6. The molecule has 0 spiro atoms. The number of hydrogen-bond donors (Lipinski definition) is 2. The van der Waals surface area contributed by atoms with Gasteiger partial charge in [-0.2, -0.15) is 0 Å². The van der Waals surface area contributed by atoms with E-state index in [1.807, 2.05) is 0 Å². The van der Waals surface area contributed by atoms with E-state index in [2.05, 4.69) is 15.6 Å². The minimum Gasteiger partial charge on any atom is -0.476 e. The maximum absolute atomic E-state index is 11.4. The van der Waals surface area contributed by atoms with Gasteiger partial charge in [-0.25, -0.2) is 9.48 Å². The molecule has 3 heterocycles. The third-order valence-corrected chi connectivity index (χ3v) is 4.16. The van der Waals surface area contributed by atoms with E-state index in [0.717, 1.165) is 51.3 Å². The first-order valence-electron chi connectivity index (χ1n) is 7.21. The molecule has 7 heteroatoms. The molecule has 0 saturated carbocycles. The molecule has 3 rings (SSSR count). The number of piperidine rings is 1. The van der Waals surface area contributed by atoms with Gasteiger partial charge < -0.3 is 15.2 Å². The molecule has 110 valence electrons. The summed E-state index contributed by atoms with van der Waals surface area (Å²) in [7, 11) is 0. The minimum atomic E-state index is -0.979. The maximum Gasteiger partial charge on any atom is 0.358 e. The average molecular weight is 280 g/mol. The highest BCUT2D eigenvalue weighted by Gasteiger charge is 2.29. The Morgan fingerprint density at radius 3 is 2.85 bits per heavy atom. The van der Waals surface area contributed by atoms with Crippen LogP contribution in [0.1, 0.15) is 41.4 Å². The molecule has 2 saturated heterocycles. The van der Waals surface area contributed by atoms with Gasteiger partial charge in [0.05, 0.1) is 12.3 Å². The van der Waals surface area contributed by atoms with Gasteiger partial charge >= 0.3 is 5.97 Å². The van der Waals surface area contributed by atoms with E-state index in [-0.39, 0.29) is 11.6 Å². The number of aromatic carboxylic acids is 1. The Bertz CT molecular complexity index is 476. The van der Waals surface area contributed by atoms with Crippen molar-refractivity contribution in [3.63, 3.8) is 0 Å². The number of hydrogen-bond acceptors (Lipinski definition) is 5. The predicted octanol–water partition coefficient (Wildman–Crippen LogP) is 0.480. The molecule has 2 fully saturated rings. The Balaban J connectivity index is 1.86. The van der Waals surface area contributed by atoms with Crippen LogP contribution in [-0.2, 0) is 11.3 Å². The fourth-order valence-corrected chi connectivity index (χ4v) is 3.08. The van der Waals surface area contributed by atoms with Crippen LogP contribution >= 0.6 is 0 Å². The number of aromatic nitrogens is 3. The van der Waals surface area contributed by atoms with Crippen molar-refractivity contribution in [2.45, 2.75) is 31.7 Å². The van der Waals surface area contributed by atoms with Crippen LogP contribution in [0, 0.1) is 5.92 Å². The molecule has 2 aliphatic rings. The second kappa shape index (κ2) is 5.88. The third-order valence-electron chi connectivity index (χ3n) is 4.16. The highest BCUT2D eigenvalue weighted by atomic mass is 16.5.